The standard InChI is InChI=1S/C12H14Cl2O2/c1-16-12(15)11-5-4-9(8-14)7-10(11)3-2-6-13/h4-5,7H,2-3,6,8H2,1H3. The van der Waals surface area contributed by atoms with Gasteiger partial charge >= 0.3 is 5.97 Å². The molecule has 0 aliphatic carbocycles. The lowest BCUT2D eigenvalue weighted by Gasteiger charge is -2.08. The van der Waals surface area contributed by atoms with Crippen molar-refractivity contribution in [2.45, 2.75) is 18.7 Å². The Balaban J connectivity index is 3.00. The van der Waals surface area contributed by atoms with Crippen molar-refractivity contribution in [3.05, 3.63) is 34.9 Å². The number of ether oxygens (including phenoxy) is 1. The molecule has 0 aromatic heterocycles. The fraction of sp³-hybridized carbons (Fsp3) is 0.417. The lowest BCUT2D eigenvalue weighted by molar-refractivity contribution is 0.0599. The van der Waals surface area contributed by atoms with E-state index in [1.807, 2.05) is 12.1 Å². The predicted octanol–water partition coefficient (Wildman–Crippen LogP) is 3.38. The summed E-state index contributed by atoms with van der Waals surface area (Å²) >= 11 is 11.4. The zero-order chi connectivity index (χ0) is 12.0. The molecule has 0 saturated heterocycles. The van der Waals surface area contributed by atoms with Crippen molar-refractivity contribution in [3.63, 3.8) is 0 Å². The fourth-order valence-electron chi connectivity index (χ4n) is 1.50. The molecular formula is C12H14Cl2O2. The monoisotopic (exact) mass is 260 g/mol. The zero-order valence-corrected chi connectivity index (χ0v) is 10.6. The topological polar surface area (TPSA) is 26.3 Å². The first-order valence-corrected chi connectivity index (χ1v) is 6.12. The van der Waals surface area contributed by atoms with E-state index >= 15 is 0 Å². The second kappa shape index (κ2) is 6.77. The van der Waals surface area contributed by atoms with Crippen LogP contribution in [-0.2, 0) is 17.0 Å². The minimum absolute atomic E-state index is 0.314. The second-order valence-electron chi connectivity index (χ2n) is 3.41. The number of carbonyl (C=O) groups is 1. The highest BCUT2D eigenvalue weighted by Crippen LogP contribution is 2.17. The van der Waals surface area contributed by atoms with Gasteiger partial charge in [-0.3, -0.25) is 0 Å². The summed E-state index contributed by atoms with van der Waals surface area (Å²) in [5.74, 6) is 0.701. The molecule has 2 nitrogen and oxygen atoms in total. The van der Waals surface area contributed by atoms with Crippen molar-refractivity contribution in [1.82, 2.24) is 0 Å². The molecule has 0 heterocycles. The van der Waals surface area contributed by atoms with Crippen molar-refractivity contribution >= 4 is 29.2 Å². The third-order valence-electron chi connectivity index (χ3n) is 2.31. The maximum atomic E-state index is 11.5. The summed E-state index contributed by atoms with van der Waals surface area (Å²) in [6.45, 7) is 0. The Kier molecular flexibility index (Phi) is 5.64. The number of esters is 1. The molecular weight excluding hydrogens is 247 g/mol. The Labute approximate surface area is 106 Å². The number of benzene rings is 1. The Bertz CT molecular complexity index is 364. The number of rotatable bonds is 5. The molecule has 1 aromatic carbocycles. The van der Waals surface area contributed by atoms with Gasteiger partial charge in [0.1, 0.15) is 0 Å². The van der Waals surface area contributed by atoms with Crippen LogP contribution in [0.1, 0.15) is 27.9 Å². The zero-order valence-electron chi connectivity index (χ0n) is 9.13. The van der Waals surface area contributed by atoms with Gasteiger partial charge < -0.3 is 4.74 Å². The van der Waals surface area contributed by atoms with Gasteiger partial charge in [0.15, 0.2) is 0 Å². The van der Waals surface area contributed by atoms with Crippen molar-refractivity contribution in [2.75, 3.05) is 13.0 Å². The van der Waals surface area contributed by atoms with Gasteiger partial charge in [0.25, 0.3) is 0 Å². The van der Waals surface area contributed by atoms with Crippen LogP contribution >= 0.6 is 23.2 Å². The molecule has 0 atom stereocenters. The Morgan fingerprint density at radius 1 is 1.38 bits per heavy atom. The van der Waals surface area contributed by atoms with Gasteiger partial charge in [0.05, 0.1) is 12.7 Å². The van der Waals surface area contributed by atoms with Crippen LogP contribution < -0.4 is 0 Å². The first-order valence-electron chi connectivity index (χ1n) is 5.05. The van der Waals surface area contributed by atoms with E-state index in [0.29, 0.717) is 17.3 Å². The molecule has 0 amide bonds. The van der Waals surface area contributed by atoms with Gasteiger partial charge in [0.2, 0.25) is 0 Å². The summed E-state index contributed by atoms with van der Waals surface area (Å²) in [6.07, 6.45) is 1.59. The molecule has 0 N–H and O–H groups in total. The molecule has 0 unspecified atom stereocenters. The SMILES string of the molecule is COC(=O)c1ccc(CCl)cc1CCCCl. The number of hydrogen-bond acceptors (Lipinski definition) is 2. The number of halogens is 2. The lowest BCUT2D eigenvalue weighted by Crippen LogP contribution is -2.06. The molecule has 0 aliphatic rings. The van der Waals surface area contributed by atoms with Crippen molar-refractivity contribution in [1.29, 1.82) is 0 Å². The van der Waals surface area contributed by atoms with Gasteiger partial charge in [-0.15, -0.1) is 23.2 Å². The van der Waals surface area contributed by atoms with Gasteiger partial charge in [-0.1, -0.05) is 12.1 Å². The van der Waals surface area contributed by atoms with Crippen molar-refractivity contribution in [2.24, 2.45) is 0 Å². The molecule has 0 radical (unpaired) electrons. The smallest absolute Gasteiger partial charge is 0.338 e. The van der Waals surface area contributed by atoms with E-state index in [1.54, 1.807) is 6.07 Å². The van der Waals surface area contributed by atoms with E-state index in [2.05, 4.69) is 0 Å². The molecule has 0 aliphatic heterocycles. The lowest BCUT2D eigenvalue weighted by atomic mass is 10.0. The van der Waals surface area contributed by atoms with E-state index in [-0.39, 0.29) is 5.97 Å². The van der Waals surface area contributed by atoms with E-state index in [9.17, 15) is 4.79 Å². The van der Waals surface area contributed by atoms with Gasteiger partial charge in [-0.25, -0.2) is 4.79 Å². The highest BCUT2D eigenvalue weighted by atomic mass is 35.5. The van der Waals surface area contributed by atoms with E-state index in [1.165, 1.54) is 7.11 Å². The molecule has 0 saturated carbocycles. The third kappa shape index (κ3) is 3.39. The van der Waals surface area contributed by atoms with Crippen LogP contribution in [0.5, 0.6) is 0 Å². The summed E-state index contributed by atoms with van der Waals surface area (Å²) in [6, 6.07) is 5.53. The molecule has 16 heavy (non-hydrogen) atoms. The van der Waals surface area contributed by atoms with Crippen molar-refractivity contribution < 1.29 is 9.53 Å². The van der Waals surface area contributed by atoms with Crippen LogP contribution in [-0.4, -0.2) is 19.0 Å². The first kappa shape index (κ1) is 13.3. The minimum atomic E-state index is -0.314. The van der Waals surface area contributed by atoms with E-state index < -0.39 is 0 Å². The number of hydrogen-bond donors (Lipinski definition) is 0. The summed E-state index contributed by atoms with van der Waals surface area (Å²) in [7, 11) is 1.38. The Hall–Kier alpha value is -0.730. The summed E-state index contributed by atoms with van der Waals surface area (Å²) in [5, 5.41) is 0. The minimum Gasteiger partial charge on any atom is -0.465 e. The first-order chi connectivity index (χ1) is 7.72. The Morgan fingerprint density at radius 3 is 2.69 bits per heavy atom. The van der Waals surface area contributed by atoms with Crippen LogP contribution in [0.4, 0.5) is 0 Å². The average Bonchev–Trinajstić information content (AvgIpc) is 2.34. The summed E-state index contributed by atoms with van der Waals surface area (Å²) in [5.41, 5.74) is 2.55. The van der Waals surface area contributed by atoms with Crippen molar-refractivity contribution in [3.8, 4) is 0 Å². The van der Waals surface area contributed by atoms with Crippen LogP contribution in [0.2, 0.25) is 0 Å². The van der Waals surface area contributed by atoms with Crippen LogP contribution in [0.25, 0.3) is 0 Å². The third-order valence-corrected chi connectivity index (χ3v) is 2.88. The highest BCUT2D eigenvalue weighted by Gasteiger charge is 2.11. The van der Waals surface area contributed by atoms with Gasteiger partial charge in [-0.05, 0) is 30.0 Å². The predicted molar refractivity (Wildman–Crippen MR) is 66.4 cm³/mol. The van der Waals surface area contributed by atoms with E-state index in [4.69, 9.17) is 27.9 Å². The maximum absolute atomic E-state index is 11.5. The maximum Gasteiger partial charge on any atom is 0.338 e. The molecule has 0 fully saturated rings. The summed E-state index contributed by atoms with van der Waals surface area (Å²) in [4.78, 5) is 11.5. The molecule has 1 aromatic rings. The number of methoxy groups -OCH3 is 1. The molecule has 0 spiro atoms. The normalized spacial score (nSPS) is 10.2. The van der Waals surface area contributed by atoms with Crippen LogP contribution in [0.3, 0.4) is 0 Å². The van der Waals surface area contributed by atoms with Crippen LogP contribution in [0, 0.1) is 0 Å². The highest BCUT2D eigenvalue weighted by molar-refractivity contribution is 6.17. The second-order valence-corrected chi connectivity index (χ2v) is 4.05. The number of carbonyl (C=O) groups excluding carboxylic acids is 1. The molecule has 0 bridgehead atoms. The molecule has 1 rings (SSSR count). The Morgan fingerprint density at radius 2 is 2.12 bits per heavy atom. The van der Waals surface area contributed by atoms with Gasteiger partial charge in [-0.2, -0.15) is 0 Å². The van der Waals surface area contributed by atoms with Gasteiger partial charge in [0, 0.05) is 11.8 Å². The molecule has 4 heteroatoms. The quantitative estimate of drug-likeness (QED) is 0.600. The summed E-state index contributed by atoms with van der Waals surface area (Å²) < 4.78 is 4.73. The number of alkyl halides is 2. The van der Waals surface area contributed by atoms with E-state index in [0.717, 1.165) is 24.0 Å². The number of aryl methyl sites for hydroxylation is 1. The fourth-order valence-corrected chi connectivity index (χ4v) is 1.80. The average molecular weight is 261 g/mol. The van der Waals surface area contributed by atoms with Crippen LogP contribution in [0.15, 0.2) is 18.2 Å². The largest absolute Gasteiger partial charge is 0.465 e. The molecule has 88 valence electrons.